The van der Waals surface area contributed by atoms with Crippen molar-refractivity contribution in [3.05, 3.63) is 23.8 Å². The number of likely N-dealkylation sites (N-methyl/N-ethyl adjacent to an activating group) is 1. The van der Waals surface area contributed by atoms with Crippen molar-refractivity contribution >= 4 is 40.6 Å². The third-order valence-corrected chi connectivity index (χ3v) is 4.81. The summed E-state index contributed by atoms with van der Waals surface area (Å²) in [6.07, 6.45) is 1.86. The highest BCUT2D eigenvalue weighted by atomic mass is 32.2. The van der Waals surface area contributed by atoms with E-state index in [-0.39, 0.29) is 11.9 Å². The number of hydrogen-bond acceptors (Lipinski definition) is 4. The van der Waals surface area contributed by atoms with E-state index in [4.69, 9.17) is 18.0 Å². The molecule has 0 saturated carbocycles. The maximum atomic E-state index is 12.1. The lowest BCUT2D eigenvalue weighted by molar-refractivity contribution is -0.121. The van der Waals surface area contributed by atoms with Crippen molar-refractivity contribution in [1.29, 1.82) is 0 Å². The molecule has 1 atom stereocenters. The lowest BCUT2D eigenvalue weighted by atomic mass is 10.1. The van der Waals surface area contributed by atoms with Crippen LogP contribution in [-0.2, 0) is 4.79 Å². The fourth-order valence-electron chi connectivity index (χ4n) is 2.78. The molecular formula is C15H21N3OS2. The van der Waals surface area contributed by atoms with Crippen LogP contribution in [0.2, 0.25) is 0 Å². The van der Waals surface area contributed by atoms with E-state index in [0.717, 1.165) is 41.3 Å². The number of carbonyl (C=O) groups is 1. The van der Waals surface area contributed by atoms with Gasteiger partial charge >= 0.3 is 0 Å². The number of amides is 1. The first kappa shape index (κ1) is 16.1. The van der Waals surface area contributed by atoms with Gasteiger partial charge in [-0.2, -0.15) is 0 Å². The zero-order chi connectivity index (χ0) is 15.4. The first-order valence-electron chi connectivity index (χ1n) is 7.14. The van der Waals surface area contributed by atoms with E-state index < -0.39 is 0 Å². The molecule has 21 heavy (non-hydrogen) atoms. The number of rotatable bonds is 5. The first-order chi connectivity index (χ1) is 10.1. The fraction of sp³-hybridized carbons (Fsp3) is 0.467. The smallest absolute Gasteiger partial charge is 0.242 e. The standard InChI is InChI=1S/C15H21N3OS2/c1-3-21-12-8-4-6-10(13(12)14(16)20)18-9-5-7-11(18)15(19)17-2/h4,6,8,11H,3,5,7,9H2,1-2H3,(H2,16,20)(H,17,19). The van der Waals surface area contributed by atoms with Crippen LogP contribution < -0.4 is 16.0 Å². The number of thiocarbonyl (C=S) groups is 1. The van der Waals surface area contributed by atoms with Crippen molar-refractivity contribution in [2.75, 3.05) is 24.2 Å². The highest BCUT2D eigenvalue weighted by molar-refractivity contribution is 7.99. The van der Waals surface area contributed by atoms with Gasteiger partial charge in [-0.3, -0.25) is 4.79 Å². The molecule has 1 saturated heterocycles. The second-order valence-electron chi connectivity index (χ2n) is 4.91. The van der Waals surface area contributed by atoms with Crippen molar-refractivity contribution in [3.8, 4) is 0 Å². The van der Waals surface area contributed by atoms with E-state index in [1.54, 1.807) is 18.8 Å². The number of nitrogens with one attached hydrogen (secondary N) is 1. The summed E-state index contributed by atoms with van der Waals surface area (Å²) in [5.74, 6) is 1.01. The zero-order valence-corrected chi connectivity index (χ0v) is 14.0. The molecule has 2 rings (SSSR count). The molecule has 0 spiro atoms. The van der Waals surface area contributed by atoms with E-state index >= 15 is 0 Å². The summed E-state index contributed by atoms with van der Waals surface area (Å²) in [4.78, 5) is 15.7. The molecule has 1 fully saturated rings. The van der Waals surface area contributed by atoms with Gasteiger partial charge in [0.05, 0.1) is 0 Å². The number of carbonyl (C=O) groups excluding carboxylic acids is 1. The van der Waals surface area contributed by atoms with Crippen molar-refractivity contribution < 1.29 is 4.79 Å². The largest absolute Gasteiger partial charge is 0.389 e. The van der Waals surface area contributed by atoms with Crippen molar-refractivity contribution in [1.82, 2.24) is 5.32 Å². The number of anilines is 1. The molecule has 114 valence electrons. The summed E-state index contributed by atoms with van der Waals surface area (Å²) in [5.41, 5.74) is 7.84. The third-order valence-electron chi connectivity index (χ3n) is 3.66. The minimum absolute atomic E-state index is 0.0509. The Morgan fingerprint density at radius 3 is 2.95 bits per heavy atom. The van der Waals surface area contributed by atoms with E-state index in [2.05, 4.69) is 17.1 Å². The normalized spacial score (nSPS) is 17.8. The Labute approximate surface area is 135 Å². The Hall–Kier alpha value is -1.27. The van der Waals surface area contributed by atoms with Gasteiger partial charge < -0.3 is 16.0 Å². The average Bonchev–Trinajstić information content (AvgIpc) is 2.95. The van der Waals surface area contributed by atoms with Crippen molar-refractivity contribution in [2.45, 2.75) is 30.7 Å². The van der Waals surface area contributed by atoms with E-state index in [1.807, 2.05) is 18.2 Å². The highest BCUT2D eigenvalue weighted by Gasteiger charge is 2.32. The maximum absolute atomic E-state index is 12.1. The number of nitrogens with zero attached hydrogens (tertiary/aromatic N) is 1. The van der Waals surface area contributed by atoms with Crippen LogP contribution in [0.4, 0.5) is 5.69 Å². The summed E-state index contributed by atoms with van der Waals surface area (Å²) in [7, 11) is 1.68. The monoisotopic (exact) mass is 323 g/mol. The van der Waals surface area contributed by atoms with E-state index in [0.29, 0.717) is 4.99 Å². The minimum Gasteiger partial charge on any atom is -0.389 e. The van der Waals surface area contributed by atoms with Crippen LogP contribution in [0.5, 0.6) is 0 Å². The molecule has 1 aromatic rings. The van der Waals surface area contributed by atoms with Gasteiger partial charge in [0, 0.05) is 29.7 Å². The summed E-state index contributed by atoms with van der Waals surface area (Å²) in [5, 5.41) is 2.75. The van der Waals surface area contributed by atoms with Crippen LogP contribution in [0, 0.1) is 0 Å². The minimum atomic E-state index is -0.134. The predicted octanol–water partition coefficient (Wildman–Crippen LogP) is 2.15. The van der Waals surface area contributed by atoms with Crippen LogP contribution in [-0.4, -0.2) is 36.3 Å². The first-order valence-corrected chi connectivity index (χ1v) is 8.53. The highest BCUT2D eigenvalue weighted by Crippen LogP contribution is 2.34. The Bertz CT molecular complexity index is 548. The van der Waals surface area contributed by atoms with Crippen LogP contribution in [0.1, 0.15) is 25.3 Å². The van der Waals surface area contributed by atoms with Gasteiger partial charge in [-0.15, -0.1) is 11.8 Å². The molecule has 1 amide bonds. The Morgan fingerprint density at radius 2 is 2.33 bits per heavy atom. The molecule has 1 unspecified atom stereocenters. The lowest BCUT2D eigenvalue weighted by Crippen LogP contribution is -2.42. The van der Waals surface area contributed by atoms with Crippen molar-refractivity contribution in [2.24, 2.45) is 5.73 Å². The molecule has 0 radical (unpaired) electrons. The molecule has 0 bridgehead atoms. The Balaban J connectivity index is 2.45. The van der Waals surface area contributed by atoms with Crippen LogP contribution in [0.3, 0.4) is 0 Å². The van der Waals surface area contributed by atoms with Crippen LogP contribution in [0.25, 0.3) is 0 Å². The summed E-state index contributed by atoms with van der Waals surface area (Å²) in [6, 6.07) is 5.92. The lowest BCUT2D eigenvalue weighted by Gasteiger charge is -2.28. The maximum Gasteiger partial charge on any atom is 0.242 e. The number of hydrogen-bond donors (Lipinski definition) is 2. The average molecular weight is 323 g/mol. The molecule has 1 aliphatic heterocycles. The summed E-state index contributed by atoms with van der Waals surface area (Å²) >= 11 is 6.98. The Morgan fingerprint density at radius 1 is 1.57 bits per heavy atom. The quantitative estimate of drug-likeness (QED) is 0.642. The second-order valence-corrected chi connectivity index (χ2v) is 6.66. The topological polar surface area (TPSA) is 58.4 Å². The van der Waals surface area contributed by atoms with Gasteiger partial charge in [0.25, 0.3) is 0 Å². The molecule has 0 aliphatic carbocycles. The van der Waals surface area contributed by atoms with E-state index in [9.17, 15) is 4.79 Å². The molecule has 0 aromatic heterocycles. The van der Waals surface area contributed by atoms with E-state index in [1.165, 1.54) is 0 Å². The van der Waals surface area contributed by atoms with Crippen LogP contribution in [0.15, 0.2) is 23.1 Å². The SMILES string of the molecule is CCSc1cccc(N2CCCC2C(=O)NC)c1C(N)=S. The zero-order valence-electron chi connectivity index (χ0n) is 12.4. The van der Waals surface area contributed by atoms with Gasteiger partial charge in [-0.25, -0.2) is 0 Å². The van der Waals surface area contributed by atoms with Gasteiger partial charge in [0.1, 0.15) is 11.0 Å². The van der Waals surface area contributed by atoms with Crippen molar-refractivity contribution in [3.63, 3.8) is 0 Å². The van der Waals surface area contributed by atoms with Gasteiger partial charge in [0.2, 0.25) is 5.91 Å². The van der Waals surface area contributed by atoms with Gasteiger partial charge in [-0.1, -0.05) is 25.2 Å². The summed E-state index contributed by atoms with van der Waals surface area (Å²) in [6.45, 7) is 2.96. The molecule has 4 nitrogen and oxygen atoms in total. The van der Waals surface area contributed by atoms with Gasteiger partial charge in [-0.05, 0) is 30.7 Å². The second kappa shape index (κ2) is 7.13. The third kappa shape index (κ3) is 3.32. The molecule has 1 heterocycles. The molecule has 3 N–H and O–H groups in total. The number of benzene rings is 1. The molecular weight excluding hydrogens is 302 g/mol. The predicted molar refractivity (Wildman–Crippen MR) is 93.2 cm³/mol. The molecule has 6 heteroatoms. The molecule has 1 aromatic carbocycles. The Kier molecular flexibility index (Phi) is 5.47. The fourth-order valence-corrected chi connectivity index (χ4v) is 3.90. The number of thioether (sulfide) groups is 1. The molecule has 1 aliphatic rings. The van der Waals surface area contributed by atoms with Gasteiger partial charge in [0.15, 0.2) is 0 Å². The summed E-state index contributed by atoms with van der Waals surface area (Å²) < 4.78 is 0. The number of nitrogens with two attached hydrogens (primary N) is 1. The van der Waals surface area contributed by atoms with Crippen LogP contribution >= 0.6 is 24.0 Å².